The molecule has 0 fully saturated rings. The standard InChI is InChI=1S/C22H23NO3S/c1-17-12-14-19(15-13-17)27(24,25)23-16-21(18-8-4-3-5-9-18)20-10-6-7-11-22(20)26-2/h3-15,21,23H,16H2,1-2H3. The molecule has 3 aromatic rings. The molecule has 3 aromatic carbocycles. The number of hydrogen-bond acceptors (Lipinski definition) is 3. The summed E-state index contributed by atoms with van der Waals surface area (Å²) in [5.74, 6) is 0.573. The maximum atomic E-state index is 12.7. The lowest BCUT2D eigenvalue weighted by molar-refractivity contribution is 0.407. The van der Waals surface area contributed by atoms with Crippen molar-refractivity contribution in [3.05, 3.63) is 95.6 Å². The van der Waals surface area contributed by atoms with Crippen LogP contribution >= 0.6 is 0 Å². The normalized spacial score (nSPS) is 12.5. The van der Waals surface area contributed by atoms with Gasteiger partial charge in [0.15, 0.2) is 0 Å². The van der Waals surface area contributed by atoms with Crippen LogP contribution in [0.3, 0.4) is 0 Å². The maximum absolute atomic E-state index is 12.7. The predicted molar refractivity (Wildman–Crippen MR) is 108 cm³/mol. The summed E-state index contributed by atoms with van der Waals surface area (Å²) in [5.41, 5.74) is 2.98. The van der Waals surface area contributed by atoms with Crippen LogP contribution in [0.15, 0.2) is 83.8 Å². The molecule has 0 aliphatic heterocycles. The summed E-state index contributed by atoms with van der Waals surface area (Å²) in [6.45, 7) is 2.16. The fraction of sp³-hybridized carbons (Fsp3) is 0.182. The number of hydrogen-bond donors (Lipinski definition) is 1. The first kappa shape index (κ1) is 19.1. The summed E-state index contributed by atoms with van der Waals surface area (Å²) in [5, 5.41) is 0. The minimum absolute atomic E-state index is 0.164. The number of benzene rings is 3. The molecule has 0 spiro atoms. The van der Waals surface area contributed by atoms with Gasteiger partial charge in [-0.05, 0) is 30.7 Å². The molecule has 0 heterocycles. The van der Waals surface area contributed by atoms with Crippen LogP contribution in [0.25, 0.3) is 0 Å². The fourth-order valence-electron chi connectivity index (χ4n) is 3.04. The fourth-order valence-corrected chi connectivity index (χ4v) is 4.09. The Kier molecular flexibility index (Phi) is 5.94. The van der Waals surface area contributed by atoms with Crippen LogP contribution < -0.4 is 9.46 Å². The molecule has 1 N–H and O–H groups in total. The van der Waals surface area contributed by atoms with E-state index in [1.54, 1.807) is 31.4 Å². The number of ether oxygens (including phenoxy) is 1. The zero-order chi connectivity index (χ0) is 19.3. The van der Waals surface area contributed by atoms with Crippen LogP contribution in [0.4, 0.5) is 0 Å². The first-order chi connectivity index (χ1) is 13.0. The highest BCUT2D eigenvalue weighted by molar-refractivity contribution is 7.89. The molecule has 4 nitrogen and oxygen atoms in total. The maximum Gasteiger partial charge on any atom is 0.240 e. The number of sulfonamides is 1. The summed E-state index contributed by atoms with van der Waals surface area (Å²) in [6, 6.07) is 24.4. The molecule has 0 aliphatic rings. The van der Waals surface area contributed by atoms with E-state index in [0.717, 1.165) is 22.4 Å². The number of aryl methyl sites for hydroxylation is 1. The Balaban J connectivity index is 1.92. The molecular weight excluding hydrogens is 358 g/mol. The van der Waals surface area contributed by atoms with E-state index in [9.17, 15) is 8.42 Å². The van der Waals surface area contributed by atoms with Crippen LogP contribution in [-0.2, 0) is 10.0 Å². The Hall–Kier alpha value is -2.63. The van der Waals surface area contributed by atoms with Crippen LogP contribution in [0, 0.1) is 6.92 Å². The van der Waals surface area contributed by atoms with Crippen LogP contribution in [0.2, 0.25) is 0 Å². The van der Waals surface area contributed by atoms with Crippen molar-refractivity contribution in [2.45, 2.75) is 17.7 Å². The van der Waals surface area contributed by atoms with E-state index in [2.05, 4.69) is 4.72 Å². The number of methoxy groups -OCH3 is 1. The second-order valence-corrected chi connectivity index (χ2v) is 8.14. The summed E-state index contributed by atoms with van der Waals surface area (Å²) < 4.78 is 33.7. The van der Waals surface area contributed by atoms with Gasteiger partial charge in [0.2, 0.25) is 10.0 Å². The second-order valence-electron chi connectivity index (χ2n) is 6.37. The van der Waals surface area contributed by atoms with Crippen molar-refractivity contribution in [3.63, 3.8) is 0 Å². The zero-order valence-electron chi connectivity index (χ0n) is 15.4. The average Bonchev–Trinajstić information content (AvgIpc) is 2.69. The van der Waals surface area contributed by atoms with Crippen molar-refractivity contribution < 1.29 is 13.2 Å². The molecule has 0 saturated heterocycles. The molecule has 0 aromatic heterocycles. The summed E-state index contributed by atoms with van der Waals surface area (Å²) in [6.07, 6.45) is 0. The van der Waals surface area contributed by atoms with Gasteiger partial charge in [0.25, 0.3) is 0 Å². The molecule has 1 unspecified atom stereocenters. The van der Waals surface area contributed by atoms with E-state index >= 15 is 0 Å². The Labute approximate surface area is 160 Å². The minimum Gasteiger partial charge on any atom is -0.496 e. The first-order valence-corrected chi connectivity index (χ1v) is 10.2. The van der Waals surface area contributed by atoms with Gasteiger partial charge in [-0.2, -0.15) is 0 Å². The van der Waals surface area contributed by atoms with Crippen LogP contribution in [0.5, 0.6) is 5.75 Å². The largest absolute Gasteiger partial charge is 0.496 e. The van der Waals surface area contributed by atoms with E-state index in [0.29, 0.717) is 0 Å². The van der Waals surface area contributed by atoms with Crippen molar-refractivity contribution in [1.82, 2.24) is 4.72 Å². The van der Waals surface area contributed by atoms with Gasteiger partial charge >= 0.3 is 0 Å². The van der Waals surface area contributed by atoms with Crippen molar-refractivity contribution in [1.29, 1.82) is 0 Å². The molecule has 0 aliphatic carbocycles. The molecule has 5 heteroatoms. The average molecular weight is 381 g/mol. The van der Waals surface area contributed by atoms with Gasteiger partial charge in [-0.15, -0.1) is 0 Å². The van der Waals surface area contributed by atoms with Crippen molar-refractivity contribution in [2.24, 2.45) is 0 Å². The smallest absolute Gasteiger partial charge is 0.240 e. The molecule has 0 radical (unpaired) electrons. The zero-order valence-corrected chi connectivity index (χ0v) is 16.2. The van der Waals surface area contributed by atoms with Crippen LogP contribution in [0.1, 0.15) is 22.6 Å². The highest BCUT2D eigenvalue weighted by atomic mass is 32.2. The quantitative estimate of drug-likeness (QED) is 0.670. The topological polar surface area (TPSA) is 55.4 Å². The monoisotopic (exact) mass is 381 g/mol. The number of rotatable bonds is 7. The van der Waals surface area contributed by atoms with Gasteiger partial charge in [0.1, 0.15) is 5.75 Å². The molecular formula is C22H23NO3S. The van der Waals surface area contributed by atoms with Gasteiger partial charge in [-0.1, -0.05) is 66.2 Å². The number of nitrogens with one attached hydrogen (secondary N) is 1. The molecule has 140 valence electrons. The molecule has 1 atom stereocenters. The lowest BCUT2D eigenvalue weighted by atomic mass is 9.91. The van der Waals surface area contributed by atoms with E-state index in [1.807, 2.05) is 61.5 Å². The molecule has 0 saturated carbocycles. The minimum atomic E-state index is -3.60. The van der Waals surface area contributed by atoms with Gasteiger partial charge in [0, 0.05) is 18.0 Å². The van der Waals surface area contributed by atoms with E-state index in [-0.39, 0.29) is 17.4 Å². The third-order valence-electron chi connectivity index (χ3n) is 4.53. The van der Waals surface area contributed by atoms with Crippen LogP contribution in [-0.4, -0.2) is 22.1 Å². The van der Waals surface area contributed by atoms with Crippen molar-refractivity contribution in [2.75, 3.05) is 13.7 Å². The Bertz CT molecular complexity index is 984. The van der Waals surface area contributed by atoms with Crippen molar-refractivity contribution in [3.8, 4) is 5.75 Å². The first-order valence-electron chi connectivity index (χ1n) is 8.75. The third kappa shape index (κ3) is 4.56. The lowest BCUT2D eigenvalue weighted by Gasteiger charge is -2.21. The van der Waals surface area contributed by atoms with E-state index in [1.165, 1.54) is 0 Å². The van der Waals surface area contributed by atoms with E-state index in [4.69, 9.17) is 4.74 Å². The van der Waals surface area contributed by atoms with Gasteiger partial charge in [-0.25, -0.2) is 13.1 Å². The summed E-state index contributed by atoms with van der Waals surface area (Å²) >= 11 is 0. The second kappa shape index (κ2) is 8.37. The van der Waals surface area contributed by atoms with Gasteiger partial charge in [-0.3, -0.25) is 0 Å². The Morgan fingerprint density at radius 1 is 0.889 bits per heavy atom. The van der Waals surface area contributed by atoms with Crippen molar-refractivity contribution >= 4 is 10.0 Å². The summed E-state index contributed by atoms with van der Waals surface area (Å²) in [7, 11) is -1.98. The Morgan fingerprint density at radius 2 is 1.52 bits per heavy atom. The highest BCUT2D eigenvalue weighted by Gasteiger charge is 2.21. The molecule has 0 amide bonds. The predicted octanol–water partition coefficient (Wildman–Crippen LogP) is 4.11. The highest BCUT2D eigenvalue weighted by Crippen LogP contribution is 2.31. The van der Waals surface area contributed by atoms with E-state index < -0.39 is 10.0 Å². The Morgan fingerprint density at radius 3 is 2.19 bits per heavy atom. The third-order valence-corrected chi connectivity index (χ3v) is 5.96. The lowest BCUT2D eigenvalue weighted by Crippen LogP contribution is -2.29. The SMILES string of the molecule is COc1ccccc1C(CNS(=O)(=O)c1ccc(C)cc1)c1ccccc1. The molecule has 3 rings (SSSR count). The van der Waals surface area contributed by atoms with Gasteiger partial charge < -0.3 is 4.74 Å². The molecule has 0 bridgehead atoms. The summed E-state index contributed by atoms with van der Waals surface area (Å²) in [4.78, 5) is 0.264. The molecule has 27 heavy (non-hydrogen) atoms. The number of para-hydroxylation sites is 1. The van der Waals surface area contributed by atoms with Gasteiger partial charge in [0.05, 0.1) is 12.0 Å².